The lowest BCUT2D eigenvalue weighted by Crippen LogP contribution is -2.00. The largest absolute Gasteiger partial charge is 0.335 e. The maximum absolute atomic E-state index is 10.7. The molecule has 0 bridgehead atoms. The third-order valence-corrected chi connectivity index (χ3v) is 1.86. The smallest absolute Gasteiger partial charge is 0.203 e. The van der Waals surface area contributed by atoms with Gasteiger partial charge in [-0.25, -0.2) is 0 Å². The summed E-state index contributed by atoms with van der Waals surface area (Å²) < 4.78 is 0. The molecule has 1 N–H and O–H groups in total. The molecule has 5 heteroatoms. The topological polar surface area (TPSA) is 32.9 Å². The molecule has 0 fully saturated rings. The van der Waals surface area contributed by atoms with Crippen molar-refractivity contribution in [2.75, 3.05) is 0 Å². The summed E-state index contributed by atoms with van der Waals surface area (Å²) in [5.74, 6) is 0. The Bertz CT molecular complexity index is 306. The van der Waals surface area contributed by atoms with Crippen molar-refractivity contribution in [3.63, 3.8) is 0 Å². The molecule has 1 aromatic heterocycles. The molecule has 0 aliphatic rings. The van der Waals surface area contributed by atoms with Crippen LogP contribution in [0.2, 0.25) is 15.3 Å². The normalized spacial score (nSPS) is 9.90. The summed E-state index contributed by atoms with van der Waals surface area (Å²) in [5, 5.41) is 0.213. The lowest BCUT2D eigenvalue weighted by molar-refractivity contribution is 1.30. The van der Waals surface area contributed by atoms with E-state index in [4.69, 9.17) is 34.8 Å². The summed E-state index contributed by atoms with van der Waals surface area (Å²) in [4.78, 5) is 13.2. The second kappa shape index (κ2) is 2.82. The van der Waals surface area contributed by atoms with Crippen LogP contribution in [0.15, 0.2) is 10.9 Å². The zero-order valence-electron chi connectivity index (χ0n) is 4.62. The minimum atomic E-state index is -0.379. The number of nitrogens with one attached hydrogen (secondary N) is 1. The maximum Gasteiger partial charge on any atom is 0.203 e. The van der Waals surface area contributed by atoms with Gasteiger partial charge in [0, 0.05) is 6.07 Å². The van der Waals surface area contributed by atoms with Crippen LogP contribution in [0.5, 0.6) is 0 Å². The Balaban J connectivity index is 3.46. The average molecular weight is 198 g/mol. The Morgan fingerprint density at radius 2 is 1.90 bits per heavy atom. The summed E-state index contributed by atoms with van der Waals surface area (Å²) in [6.07, 6.45) is 0. The molecule has 0 atom stereocenters. The molecule has 0 aliphatic carbocycles. The van der Waals surface area contributed by atoms with Crippen molar-refractivity contribution < 1.29 is 0 Å². The lowest BCUT2D eigenvalue weighted by Gasteiger charge is -1.93. The molecule has 0 saturated carbocycles. The van der Waals surface area contributed by atoms with Crippen LogP contribution in [0.4, 0.5) is 0 Å². The van der Waals surface area contributed by atoms with Crippen molar-refractivity contribution in [3.05, 3.63) is 31.6 Å². The van der Waals surface area contributed by atoms with Gasteiger partial charge in [0.05, 0.1) is 0 Å². The molecule has 0 saturated heterocycles. The van der Waals surface area contributed by atoms with Crippen LogP contribution in [0.25, 0.3) is 0 Å². The van der Waals surface area contributed by atoms with Gasteiger partial charge in [-0.3, -0.25) is 4.79 Å². The van der Waals surface area contributed by atoms with E-state index in [1.54, 1.807) is 0 Å². The maximum atomic E-state index is 10.7. The van der Waals surface area contributed by atoms with Crippen molar-refractivity contribution in [2.24, 2.45) is 0 Å². The molecule has 1 aromatic rings. The molecule has 10 heavy (non-hydrogen) atoms. The first-order valence-electron chi connectivity index (χ1n) is 2.35. The van der Waals surface area contributed by atoms with Crippen molar-refractivity contribution in [2.45, 2.75) is 0 Å². The molecule has 0 aromatic carbocycles. The fourth-order valence-corrected chi connectivity index (χ4v) is 1.02. The minimum Gasteiger partial charge on any atom is -0.335 e. The lowest BCUT2D eigenvalue weighted by atomic mass is 10.5. The van der Waals surface area contributed by atoms with Crippen molar-refractivity contribution in [1.29, 1.82) is 0 Å². The fourth-order valence-electron chi connectivity index (χ4n) is 0.482. The van der Waals surface area contributed by atoms with Crippen LogP contribution < -0.4 is 5.43 Å². The van der Waals surface area contributed by atoms with E-state index in [0.717, 1.165) is 6.07 Å². The van der Waals surface area contributed by atoms with Crippen molar-refractivity contribution in [1.82, 2.24) is 4.98 Å². The molecular weight excluding hydrogens is 196 g/mol. The van der Waals surface area contributed by atoms with E-state index < -0.39 is 0 Å². The number of hydrogen-bond acceptors (Lipinski definition) is 1. The highest BCUT2D eigenvalue weighted by molar-refractivity contribution is 6.41. The van der Waals surface area contributed by atoms with Gasteiger partial charge in [-0.15, -0.1) is 0 Å². The van der Waals surface area contributed by atoms with Gasteiger partial charge in [0.2, 0.25) is 5.43 Å². The number of H-pyrrole nitrogens is 1. The first kappa shape index (κ1) is 7.92. The van der Waals surface area contributed by atoms with Gasteiger partial charge in [0.25, 0.3) is 0 Å². The monoisotopic (exact) mass is 197 g/mol. The summed E-state index contributed by atoms with van der Waals surface area (Å²) in [6.45, 7) is 0. The molecule has 2 nitrogen and oxygen atoms in total. The number of pyridine rings is 1. The van der Waals surface area contributed by atoms with Gasteiger partial charge in [0.1, 0.15) is 15.3 Å². The van der Waals surface area contributed by atoms with Crippen LogP contribution in [0.1, 0.15) is 0 Å². The third-order valence-electron chi connectivity index (χ3n) is 0.896. The summed E-state index contributed by atoms with van der Waals surface area (Å²) in [7, 11) is 0. The molecule has 0 amide bonds. The molecule has 1 heterocycles. The van der Waals surface area contributed by atoms with Gasteiger partial charge in [0.15, 0.2) is 0 Å². The summed E-state index contributed by atoms with van der Waals surface area (Å²) >= 11 is 16.3. The number of hydrogen-bond donors (Lipinski definition) is 1. The highest BCUT2D eigenvalue weighted by atomic mass is 35.5. The zero-order valence-corrected chi connectivity index (χ0v) is 6.89. The first-order chi connectivity index (χ1) is 4.61. The second-order valence-corrected chi connectivity index (χ2v) is 2.77. The van der Waals surface area contributed by atoms with E-state index in [9.17, 15) is 4.79 Å². The minimum absolute atomic E-state index is 0.0360. The predicted octanol–water partition coefficient (Wildman–Crippen LogP) is 2.34. The highest BCUT2D eigenvalue weighted by Crippen LogP contribution is 2.16. The Labute approximate surface area is 71.7 Å². The molecular formula is C5H2Cl3NO. The molecule has 1 rings (SSSR count). The number of rotatable bonds is 0. The standard InChI is InChI=1S/C5H2Cl3NO/c6-3-1-2(10)4(7)5(8)9-3/h1H,(H,9,10). The van der Waals surface area contributed by atoms with Gasteiger partial charge in [-0.05, 0) is 0 Å². The van der Waals surface area contributed by atoms with Crippen molar-refractivity contribution >= 4 is 34.8 Å². The van der Waals surface area contributed by atoms with E-state index in [0.29, 0.717) is 0 Å². The van der Waals surface area contributed by atoms with Gasteiger partial charge < -0.3 is 4.98 Å². The Morgan fingerprint density at radius 3 is 2.40 bits per heavy atom. The first-order valence-corrected chi connectivity index (χ1v) is 3.48. The van der Waals surface area contributed by atoms with Gasteiger partial charge in [-0.2, -0.15) is 0 Å². The zero-order chi connectivity index (χ0) is 7.72. The van der Waals surface area contributed by atoms with Crippen LogP contribution in [-0.2, 0) is 0 Å². The summed E-state index contributed by atoms with van der Waals surface area (Å²) in [5.41, 5.74) is -0.379. The van der Waals surface area contributed by atoms with E-state index in [1.165, 1.54) is 0 Å². The SMILES string of the molecule is O=c1cc(Cl)[nH]c(Cl)c1Cl. The Morgan fingerprint density at radius 1 is 1.30 bits per heavy atom. The van der Waals surface area contributed by atoms with Gasteiger partial charge in [-0.1, -0.05) is 34.8 Å². The molecule has 0 unspecified atom stereocenters. The van der Waals surface area contributed by atoms with E-state index in [-0.39, 0.29) is 20.8 Å². The molecule has 54 valence electrons. The Kier molecular flexibility index (Phi) is 2.24. The Hall–Kier alpha value is -0.180. The molecule has 0 aliphatic heterocycles. The third kappa shape index (κ3) is 1.45. The van der Waals surface area contributed by atoms with E-state index >= 15 is 0 Å². The predicted molar refractivity (Wildman–Crippen MR) is 42.1 cm³/mol. The number of aromatic nitrogens is 1. The molecule has 0 spiro atoms. The van der Waals surface area contributed by atoms with Crippen LogP contribution >= 0.6 is 34.8 Å². The average Bonchev–Trinajstić information content (AvgIpc) is 1.82. The van der Waals surface area contributed by atoms with Crippen LogP contribution in [0, 0.1) is 0 Å². The quantitative estimate of drug-likeness (QED) is 0.638. The van der Waals surface area contributed by atoms with Crippen molar-refractivity contribution in [3.8, 4) is 0 Å². The van der Waals surface area contributed by atoms with Crippen LogP contribution in [-0.4, -0.2) is 4.98 Å². The summed E-state index contributed by atoms with van der Waals surface area (Å²) in [6, 6.07) is 1.16. The highest BCUT2D eigenvalue weighted by Gasteiger charge is 2.02. The fraction of sp³-hybridized carbons (Fsp3) is 0. The second-order valence-electron chi connectivity index (χ2n) is 1.61. The number of halogens is 3. The van der Waals surface area contributed by atoms with Crippen LogP contribution in [0.3, 0.4) is 0 Å². The molecule has 0 radical (unpaired) electrons. The van der Waals surface area contributed by atoms with Gasteiger partial charge >= 0.3 is 0 Å². The van der Waals surface area contributed by atoms with E-state index in [2.05, 4.69) is 4.98 Å². The van der Waals surface area contributed by atoms with E-state index in [1.807, 2.05) is 0 Å². The number of aromatic amines is 1.